The third-order valence-electron chi connectivity index (χ3n) is 10.8. The van der Waals surface area contributed by atoms with Gasteiger partial charge in [0.25, 0.3) is 0 Å². The third-order valence-corrected chi connectivity index (χ3v) is 10.8. The lowest BCUT2D eigenvalue weighted by atomic mass is 9.41. The van der Waals surface area contributed by atoms with Gasteiger partial charge in [-0.1, -0.05) is 20.8 Å². The summed E-state index contributed by atoms with van der Waals surface area (Å²) in [5, 5.41) is 9.20. The Hall–Kier alpha value is -1.57. The predicted molar refractivity (Wildman–Crippen MR) is 126 cm³/mol. The summed E-state index contributed by atoms with van der Waals surface area (Å²) in [6.07, 6.45) is 10.3. The van der Waals surface area contributed by atoms with Gasteiger partial charge in [0.2, 0.25) is 0 Å². The minimum atomic E-state index is -0.190. The van der Waals surface area contributed by atoms with E-state index in [1.807, 2.05) is 0 Å². The van der Waals surface area contributed by atoms with Crippen molar-refractivity contribution in [1.82, 2.24) is 0 Å². The fraction of sp³-hybridized carbons (Fsp3) is 0.893. The van der Waals surface area contributed by atoms with E-state index < -0.39 is 0 Å². The van der Waals surface area contributed by atoms with Crippen LogP contribution in [-0.4, -0.2) is 24.1 Å². The Labute approximate surface area is 200 Å². The van der Waals surface area contributed by atoms with Crippen LogP contribution >= 0.6 is 0 Å². The van der Waals surface area contributed by atoms with E-state index in [1.54, 1.807) is 6.92 Å². The number of rotatable bonds is 5. The van der Waals surface area contributed by atoms with E-state index in [-0.39, 0.29) is 35.0 Å². The molecule has 5 nitrogen and oxygen atoms in total. The lowest BCUT2D eigenvalue weighted by Gasteiger charge is -2.65. The summed E-state index contributed by atoms with van der Waals surface area (Å²) in [6.45, 7) is 10.3. The van der Waals surface area contributed by atoms with E-state index in [0.717, 1.165) is 32.1 Å². The maximum absolute atomic E-state index is 12.3. The SMILES string of the molecule is CC[C@H]1[C@@H](OC(C)=O)[C@@H]2[C@H](CC[C@]3(C)[C@@H](CCC#N)CC[C@@H]23)[C@@]2(C)CC[C@@H](OC(C)=O)C[C@@H]12. The topological polar surface area (TPSA) is 76.4 Å². The van der Waals surface area contributed by atoms with Crippen LogP contribution in [0.3, 0.4) is 0 Å². The Morgan fingerprint density at radius 2 is 1.61 bits per heavy atom. The minimum Gasteiger partial charge on any atom is -0.463 e. The van der Waals surface area contributed by atoms with Gasteiger partial charge in [0.1, 0.15) is 12.2 Å². The molecule has 0 unspecified atom stereocenters. The monoisotopic (exact) mass is 457 g/mol. The molecule has 0 aromatic heterocycles. The van der Waals surface area contributed by atoms with Crippen LogP contribution in [0.15, 0.2) is 0 Å². The van der Waals surface area contributed by atoms with Gasteiger partial charge >= 0.3 is 11.9 Å². The number of carbonyl (C=O) groups excluding carboxylic acids is 2. The van der Waals surface area contributed by atoms with Crippen molar-refractivity contribution in [2.75, 3.05) is 0 Å². The molecule has 0 amide bonds. The van der Waals surface area contributed by atoms with Crippen molar-refractivity contribution in [3.05, 3.63) is 0 Å². The van der Waals surface area contributed by atoms with Crippen molar-refractivity contribution in [1.29, 1.82) is 5.26 Å². The summed E-state index contributed by atoms with van der Waals surface area (Å²) in [4.78, 5) is 24.0. The van der Waals surface area contributed by atoms with Gasteiger partial charge in [0.15, 0.2) is 0 Å². The molecule has 4 saturated carbocycles. The van der Waals surface area contributed by atoms with E-state index in [0.29, 0.717) is 41.9 Å². The zero-order chi connectivity index (χ0) is 24.0. The first-order valence-corrected chi connectivity index (χ1v) is 13.4. The number of fused-ring (bicyclic) bond motifs is 5. The molecule has 0 bridgehead atoms. The molecule has 4 aliphatic carbocycles. The average molecular weight is 458 g/mol. The van der Waals surface area contributed by atoms with Gasteiger partial charge in [-0.25, -0.2) is 0 Å². The number of hydrogen-bond donors (Lipinski definition) is 0. The first kappa shape index (κ1) is 24.6. The van der Waals surface area contributed by atoms with Gasteiger partial charge in [0, 0.05) is 26.2 Å². The van der Waals surface area contributed by atoms with Gasteiger partial charge in [-0.05, 0) is 98.2 Å². The largest absolute Gasteiger partial charge is 0.463 e. The summed E-state index contributed by atoms with van der Waals surface area (Å²) in [5.41, 5.74) is 0.442. The van der Waals surface area contributed by atoms with Crippen molar-refractivity contribution in [3.63, 3.8) is 0 Å². The standard InChI is InChI=1S/C28H43NO4/c1-6-21-24-16-20(32-17(2)30)11-13-28(24,5)23-12-14-27(4)19(8-7-15-29)9-10-22(27)25(23)26(21)33-18(3)31/h19-26H,6-14,16H2,1-5H3/t19-,20+,21+,22-,23-,24-,25-,26+,27+,28+/m0/s1. The molecule has 5 heteroatoms. The summed E-state index contributed by atoms with van der Waals surface area (Å²) < 4.78 is 11.9. The van der Waals surface area contributed by atoms with E-state index in [2.05, 4.69) is 26.8 Å². The highest BCUT2D eigenvalue weighted by molar-refractivity contribution is 5.66. The average Bonchev–Trinajstić information content (AvgIpc) is 3.08. The van der Waals surface area contributed by atoms with Crippen LogP contribution in [0, 0.1) is 57.7 Å². The van der Waals surface area contributed by atoms with Crippen LogP contribution in [-0.2, 0) is 19.1 Å². The van der Waals surface area contributed by atoms with Gasteiger partial charge in [-0.15, -0.1) is 0 Å². The Bertz CT molecular complexity index is 804. The van der Waals surface area contributed by atoms with E-state index in [4.69, 9.17) is 9.47 Å². The van der Waals surface area contributed by atoms with Crippen molar-refractivity contribution in [3.8, 4) is 6.07 Å². The molecule has 0 spiro atoms. The molecule has 4 aliphatic rings. The number of carbonyl (C=O) groups is 2. The van der Waals surface area contributed by atoms with Gasteiger partial charge in [0.05, 0.1) is 6.07 Å². The predicted octanol–water partition coefficient (Wildman–Crippen LogP) is 6.06. The molecule has 10 atom stereocenters. The Kier molecular flexibility index (Phi) is 6.87. The maximum Gasteiger partial charge on any atom is 0.302 e. The molecule has 184 valence electrons. The molecule has 0 N–H and O–H groups in total. The lowest BCUT2D eigenvalue weighted by Crippen LogP contribution is -2.63. The van der Waals surface area contributed by atoms with Gasteiger partial charge < -0.3 is 9.47 Å². The fourth-order valence-electron chi connectivity index (χ4n) is 9.43. The molecule has 0 heterocycles. The highest BCUT2D eigenvalue weighted by atomic mass is 16.5. The summed E-state index contributed by atoms with van der Waals surface area (Å²) >= 11 is 0. The van der Waals surface area contributed by atoms with E-state index >= 15 is 0 Å². The van der Waals surface area contributed by atoms with Crippen molar-refractivity contribution >= 4 is 11.9 Å². The Morgan fingerprint density at radius 1 is 0.939 bits per heavy atom. The van der Waals surface area contributed by atoms with E-state index in [1.165, 1.54) is 32.6 Å². The first-order valence-electron chi connectivity index (χ1n) is 13.4. The third kappa shape index (κ3) is 4.10. The molecule has 0 aromatic rings. The van der Waals surface area contributed by atoms with Crippen LogP contribution in [0.4, 0.5) is 0 Å². The highest BCUT2D eigenvalue weighted by Gasteiger charge is 2.65. The molecular formula is C28H43NO4. The molecule has 4 rings (SSSR count). The zero-order valence-electron chi connectivity index (χ0n) is 21.3. The normalized spacial score (nSPS) is 46.3. The van der Waals surface area contributed by atoms with Crippen molar-refractivity contribution < 1.29 is 19.1 Å². The fourth-order valence-corrected chi connectivity index (χ4v) is 9.43. The first-order chi connectivity index (χ1) is 15.7. The molecule has 0 aromatic carbocycles. The van der Waals surface area contributed by atoms with E-state index in [9.17, 15) is 14.9 Å². The molecular weight excluding hydrogens is 414 g/mol. The van der Waals surface area contributed by atoms with Crippen LogP contribution in [0.1, 0.15) is 98.8 Å². The second-order valence-corrected chi connectivity index (χ2v) is 12.1. The summed E-state index contributed by atoms with van der Waals surface area (Å²) in [6, 6.07) is 2.37. The smallest absolute Gasteiger partial charge is 0.302 e. The van der Waals surface area contributed by atoms with Gasteiger partial charge in [-0.2, -0.15) is 5.26 Å². The molecule has 0 saturated heterocycles. The number of nitrogens with zero attached hydrogens (tertiary/aromatic N) is 1. The lowest BCUT2D eigenvalue weighted by molar-refractivity contribution is -0.218. The van der Waals surface area contributed by atoms with Crippen molar-refractivity contribution in [2.45, 2.75) is 111 Å². The Morgan fingerprint density at radius 3 is 2.24 bits per heavy atom. The van der Waals surface area contributed by atoms with Crippen LogP contribution in [0.25, 0.3) is 0 Å². The second-order valence-electron chi connectivity index (χ2n) is 12.1. The van der Waals surface area contributed by atoms with Crippen LogP contribution in [0.2, 0.25) is 0 Å². The van der Waals surface area contributed by atoms with Crippen LogP contribution in [0.5, 0.6) is 0 Å². The molecule has 4 fully saturated rings. The number of nitriles is 1. The summed E-state index contributed by atoms with van der Waals surface area (Å²) in [5.74, 6) is 2.46. The Balaban J connectivity index is 1.70. The minimum absolute atomic E-state index is 0.0140. The van der Waals surface area contributed by atoms with Crippen LogP contribution < -0.4 is 0 Å². The molecule has 0 aliphatic heterocycles. The molecule has 33 heavy (non-hydrogen) atoms. The quantitative estimate of drug-likeness (QED) is 0.469. The second kappa shape index (κ2) is 9.23. The number of esters is 2. The number of hydrogen-bond acceptors (Lipinski definition) is 5. The zero-order valence-corrected chi connectivity index (χ0v) is 21.3. The summed E-state index contributed by atoms with van der Waals surface area (Å²) in [7, 11) is 0. The van der Waals surface area contributed by atoms with Gasteiger partial charge in [-0.3, -0.25) is 9.59 Å². The highest BCUT2D eigenvalue weighted by Crippen LogP contribution is 2.69. The number of ether oxygens (including phenoxy) is 2. The van der Waals surface area contributed by atoms with Crippen molar-refractivity contribution in [2.24, 2.45) is 46.3 Å². The maximum atomic E-state index is 12.3. The molecule has 0 radical (unpaired) electrons.